The molecule has 104 valence electrons. The van der Waals surface area contributed by atoms with Crippen LogP contribution in [0.2, 0.25) is 5.02 Å². The van der Waals surface area contributed by atoms with E-state index < -0.39 is 11.9 Å². The summed E-state index contributed by atoms with van der Waals surface area (Å²) in [7, 11) is 0. The van der Waals surface area contributed by atoms with E-state index in [0.29, 0.717) is 11.4 Å². The molecule has 1 fully saturated rings. The van der Waals surface area contributed by atoms with Crippen LogP contribution < -0.4 is 0 Å². The van der Waals surface area contributed by atoms with Gasteiger partial charge in [0.25, 0.3) is 0 Å². The molecule has 1 aliphatic heterocycles. The Morgan fingerprint density at radius 2 is 2.05 bits per heavy atom. The Morgan fingerprint density at radius 3 is 2.53 bits per heavy atom. The first kappa shape index (κ1) is 14.4. The standard InChI is InChI=1S/C15H19ClO3/c1-5-15(10-7-6-8-11(16)9-10)12(17)18-13(19-15)14(2,3)4/h6-9,13H,5H2,1-4H3. The molecular weight excluding hydrogens is 264 g/mol. The van der Waals surface area contributed by atoms with Gasteiger partial charge in [-0.1, -0.05) is 51.4 Å². The van der Waals surface area contributed by atoms with Crippen molar-refractivity contribution >= 4 is 17.6 Å². The summed E-state index contributed by atoms with van der Waals surface area (Å²) in [4.78, 5) is 12.3. The first-order chi connectivity index (χ1) is 8.79. The van der Waals surface area contributed by atoms with Gasteiger partial charge in [0.1, 0.15) is 0 Å². The van der Waals surface area contributed by atoms with Crippen molar-refractivity contribution in [2.75, 3.05) is 0 Å². The highest BCUT2D eigenvalue weighted by atomic mass is 35.5. The molecule has 0 bridgehead atoms. The summed E-state index contributed by atoms with van der Waals surface area (Å²) in [5.41, 5.74) is -0.548. The van der Waals surface area contributed by atoms with Crippen LogP contribution in [0.15, 0.2) is 24.3 Å². The number of carbonyl (C=O) groups excluding carboxylic acids is 1. The van der Waals surface area contributed by atoms with Crippen LogP contribution in [0.1, 0.15) is 39.7 Å². The lowest BCUT2D eigenvalue weighted by Gasteiger charge is -2.28. The van der Waals surface area contributed by atoms with Gasteiger partial charge in [0, 0.05) is 10.4 Å². The highest BCUT2D eigenvalue weighted by molar-refractivity contribution is 6.30. The van der Waals surface area contributed by atoms with Crippen LogP contribution in [0, 0.1) is 5.41 Å². The Hall–Kier alpha value is -1.06. The fraction of sp³-hybridized carbons (Fsp3) is 0.533. The molecule has 0 N–H and O–H groups in total. The Labute approximate surface area is 118 Å². The van der Waals surface area contributed by atoms with Crippen molar-refractivity contribution in [1.82, 2.24) is 0 Å². The van der Waals surface area contributed by atoms with Crippen molar-refractivity contribution in [3.8, 4) is 0 Å². The molecule has 4 heteroatoms. The highest BCUT2D eigenvalue weighted by Crippen LogP contribution is 2.43. The lowest BCUT2D eigenvalue weighted by atomic mass is 9.91. The maximum atomic E-state index is 12.3. The molecule has 1 aromatic carbocycles. The number of esters is 1. The fourth-order valence-electron chi connectivity index (χ4n) is 2.16. The maximum Gasteiger partial charge on any atom is 0.345 e. The minimum Gasteiger partial charge on any atom is -0.433 e. The van der Waals surface area contributed by atoms with E-state index >= 15 is 0 Å². The van der Waals surface area contributed by atoms with E-state index in [1.54, 1.807) is 12.1 Å². The molecule has 0 aliphatic carbocycles. The third kappa shape index (κ3) is 2.49. The van der Waals surface area contributed by atoms with E-state index in [1.807, 2.05) is 39.8 Å². The molecule has 1 aliphatic rings. The summed E-state index contributed by atoms with van der Waals surface area (Å²) in [5, 5.41) is 0.584. The van der Waals surface area contributed by atoms with Crippen molar-refractivity contribution in [2.24, 2.45) is 5.41 Å². The van der Waals surface area contributed by atoms with Gasteiger partial charge in [-0.15, -0.1) is 0 Å². The third-order valence-corrected chi connectivity index (χ3v) is 3.58. The number of halogens is 1. The average Bonchev–Trinajstić information content (AvgIpc) is 2.67. The Balaban J connectivity index is 2.42. The molecule has 2 atom stereocenters. The molecule has 0 radical (unpaired) electrons. The number of carbonyl (C=O) groups is 1. The Bertz CT molecular complexity index is 492. The molecule has 2 unspecified atom stereocenters. The predicted octanol–water partition coefficient (Wildman–Crippen LogP) is 3.89. The zero-order valence-corrected chi connectivity index (χ0v) is 12.5. The molecule has 3 nitrogen and oxygen atoms in total. The van der Waals surface area contributed by atoms with Gasteiger partial charge < -0.3 is 9.47 Å². The second-order valence-corrected chi connectivity index (χ2v) is 6.35. The average molecular weight is 283 g/mol. The zero-order chi connectivity index (χ0) is 14.3. The number of cyclic esters (lactones) is 1. The molecule has 0 amide bonds. The summed E-state index contributed by atoms with van der Waals surface area (Å²) in [6.45, 7) is 7.85. The minimum atomic E-state index is -1.04. The van der Waals surface area contributed by atoms with E-state index in [9.17, 15) is 4.79 Å². The molecule has 1 heterocycles. The van der Waals surface area contributed by atoms with E-state index in [1.165, 1.54) is 0 Å². The normalized spacial score (nSPS) is 27.4. The molecule has 19 heavy (non-hydrogen) atoms. The Morgan fingerprint density at radius 1 is 1.37 bits per heavy atom. The monoisotopic (exact) mass is 282 g/mol. The molecule has 2 rings (SSSR count). The van der Waals surface area contributed by atoms with Crippen molar-refractivity contribution in [2.45, 2.75) is 46.0 Å². The van der Waals surface area contributed by atoms with E-state index in [4.69, 9.17) is 21.1 Å². The van der Waals surface area contributed by atoms with E-state index in [-0.39, 0.29) is 11.4 Å². The molecule has 0 aromatic heterocycles. The van der Waals surface area contributed by atoms with Crippen LogP contribution in [0.3, 0.4) is 0 Å². The van der Waals surface area contributed by atoms with Crippen molar-refractivity contribution < 1.29 is 14.3 Å². The number of hydrogen-bond acceptors (Lipinski definition) is 3. The number of hydrogen-bond donors (Lipinski definition) is 0. The summed E-state index contributed by atoms with van der Waals surface area (Å²) < 4.78 is 11.4. The van der Waals surface area contributed by atoms with Crippen molar-refractivity contribution in [3.63, 3.8) is 0 Å². The number of rotatable bonds is 2. The van der Waals surface area contributed by atoms with Gasteiger partial charge in [0.2, 0.25) is 6.29 Å². The molecule has 1 aromatic rings. The van der Waals surface area contributed by atoms with Gasteiger partial charge in [-0.25, -0.2) is 4.79 Å². The van der Waals surface area contributed by atoms with Crippen molar-refractivity contribution in [1.29, 1.82) is 0 Å². The quantitative estimate of drug-likeness (QED) is 0.772. The van der Waals surface area contributed by atoms with Gasteiger partial charge in [-0.3, -0.25) is 0 Å². The highest BCUT2D eigenvalue weighted by Gasteiger charge is 2.53. The van der Waals surface area contributed by atoms with Crippen LogP contribution in [-0.4, -0.2) is 12.3 Å². The predicted molar refractivity (Wildman–Crippen MR) is 73.8 cm³/mol. The van der Waals surface area contributed by atoms with Crippen LogP contribution >= 0.6 is 11.6 Å². The second-order valence-electron chi connectivity index (χ2n) is 5.91. The first-order valence-corrected chi connectivity index (χ1v) is 6.82. The van der Waals surface area contributed by atoms with E-state index in [2.05, 4.69) is 0 Å². The van der Waals surface area contributed by atoms with Crippen LogP contribution in [-0.2, 0) is 19.9 Å². The zero-order valence-electron chi connectivity index (χ0n) is 11.7. The summed E-state index contributed by atoms with van der Waals surface area (Å²) in [5.74, 6) is -0.336. The summed E-state index contributed by atoms with van der Waals surface area (Å²) in [6.07, 6.45) is -0.0300. The van der Waals surface area contributed by atoms with Crippen LogP contribution in [0.25, 0.3) is 0 Å². The third-order valence-electron chi connectivity index (χ3n) is 3.35. The SMILES string of the molecule is CCC1(c2cccc(Cl)c2)OC(C(C)(C)C)OC1=O. The van der Waals surface area contributed by atoms with Crippen LogP contribution in [0.4, 0.5) is 0 Å². The second kappa shape index (κ2) is 4.80. The van der Waals surface area contributed by atoms with Gasteiger partial charge in [-0.05, 0) is 24.1 Å². The van der Waals surface area contributed by atoms with Gasteiger partial charge >= 0.3 is 5.97 Å². The van der Waals surface area contributed by atoms with Crippen LogP contribution in [0.5, 0.6) is 0 Å². The number of benzene rings is 1. The smallest absolute Gasteiger partial charge is 0.345 e. The topological polar surface area (TPSA) is 35.5 Å². The Kier molecular flexibility index (Phi) is 3.63. The number of ether oxygens (including phenoxy) is 2. The van der Waals surface area contributed by atoms with Gasteiger partial charge in [0.15, 0.2) is 5.60 Å². The van der Waals surface area contributed by atoms with Gasteiger partial charge in [0.05, 0.1) is 0 Å². The molecule has 1 saturated heterocycles. The minimum absolute atomic E-state index is 0.259. The maximum absolute atomic E-state index is 12.3. The van der Waals surface area contributed by atoms with E-state index in [0.717, 1.165) is 5.56 Å². The fourth-order valence-corrected chi connectivity index (χ4v) is 2.35. The lowest BCUT2D eigenvalue weighted by Crippen LogP contribution is -2.34. The molecule has 0 saturated carbocycles. The van der Waals surface area contributed by atoms with Crippen molar-refractivity contribution in [3.05, 3.63) is 34.9 Å². The lowest BCUT2D eigenvalue weighted by molar-refractivity contribution is -0.156. The summed E-state index contributed by atoms with van der Waals surface area (Å²) in [6, 6.07) is 7.20. The first-order valence-electron chi connectivity index (χ1n) is 6.44. The molecule has 0 spiro atoms. The summed E-state index contributed by atoms with van der Waals surface area (Å²) >= 11 is 6.01. The largest absolute Gasteiger partial charge is 0.433 e. The van der Waals surface area contributed by atoms with Gasteiger partial charge in [-0.2, -0.15) is 0 Å². The molecular formula is C15H19ClO3.